The maximum Gasteiger partial charge on any atom is 0.417 e. The molecule has 0 aliphatic rings. The van der Waals surface area contributed by atoms with Crippen molar-refractivity contribution in [3.8, 4) is 16.9 Å². The van der Waals surface area contributed by atoms with Crippen molar-refractivity contribution in [2.24, 2.45) is 5.14 Å². The molecule has 0 spiro atoms. The van der Waals surface area contributed by atoms with Gasteiger partial charge in [0.25, 0.3) is 12.3 Å². The molecule has 0 saturated carbocycles. The molecular weight excluding hydrogens is 533 g/mol. The van der Waals surface area contributed by atoms with Crippen LogP contribution in [0.15, 0.2) is 59.5 Å². The topological polar surface area (TPSA) is 111 Å². The average Bonchev–Trinajstić information content (AvgIpc) is 2.82. The number of ether oxygens (including phenoxy) is 1. The second-order valence-corrected chi connectivity index (χ2v) is 9.84. The van der Waals surface area contributed by atoms with E-state index in [2.05, 4.69) is 10.6 Å². The predicted molar refractivity (Wildman–Crippen MR) is 132 cm³/mol. The van der Waals surface area contributed by atoms with Crippen molar-refractivity contribution in [2.45, 2.75) is 31.0 Å². The first-order valence-electron chi connectivity index (χ1n) is 11.0. The zero-order valence-corrected chi connectivity index (χ0v) is 21.0. The van der Waals surface area contributed by atoms with E-state index in [1.54, 1.807) is 0 Å². The molecule has 3 aromatic carbocycles. The summed E-state index contributed by atoms with van der Waals surface area (Å²) in [7, 11) is -2.87. The quantitative estimate of drug-likeness (QED) is 0.323. The Bertz CT molecular complexity index is 1440. The van der Waals surface area contributed by atoms with Crippen LogP contribution < -0.4 is 20.5 Å². The van der Waals surface area contributed by atoms with Crippen molar-refractivity contribution in [1.82, 2.24) is 5.32 Å². The first-order chi connectivity index (χ1) is 17.7. The minimum atomic E-state index is -4.67. The van der Waals surface area contributed by atoms with Crippen LogP contribution in [0.4, 0.5) is 27.6 Å². The monoisotopic (exact) mass is 557 g/mol. The van der Waals surface area contributed by atoms with Crippen LogP contribution in [0, 0.1) is 6.92 Å². The molecule has 7 nitrogen and oxygen atoms in total. The van der Waals surface area contributed by atoms with Crippen LogP contribution in [-0.4, -0.2) is 34.4 Å². The van der Waals surface area contributed by atoms with Crippen LogP contribution in [0.25, 0.3) is 11.1 Å². The number of primary sulfonamides is 1. The Hall–Kier alpha value is -3.55. The van der Waals surface area contributed by atoms with E-state index in [1.807, 2.05) is 0 Å². The second-order valence-electron chi connectivity index (χ2n) is 8.31. The first kappa shape index (κ1) is 29.0. The van der Waals surface area contributed by atoms with E-state index in [9.17, 15) is 35.2 Å². The van der Waals surface area contributed by atoms with Crippen LogP contribution in [0.2, 0.25) is 0 Å². The molecule has 204 valence electrons. The number of nitrogens with one attached hydrogen (secondary N) is 2. The van der Waals surface area contributed by atoms with E-state index in [1.165, 1.54) is 56.5 Å². The van der Waals surface area contributed by atoms with Crippen LogP contribution in [-0.2, 0) is 22.7 Å². The molecule has 0 fully saturated rings. The first-order valence-corrected chi connectivity index (χ1v) is 12.6. The van der Waals surface area contributed by atoms with Gasteiger partial charge in [0.05, 0.1) is 19.2 Å². The highest BCUT2D eigenvalue weighted by Gasteiger charge is 2.34. The number of carbonyl (C=O) groups is 1. The standard InChI is InChI=1S/C25H24F5N3O4S/c1-14-3-6-19(20(9-14)25(28,29)30)18-7-4-15(10-16(18)12-32-13-23(26)27)24(34)33-17-5-8-22(38(31,35)36)21(11-17)37-2/h3-11,23,32H,12-13H2,1-2H3,(H,33,34)(H2,31,35,36). The molecule has 13 heteroatoms. The largest absolute Gasteiger partial charge is 0.495 e. The number of amides is 1. The number of anilines is 1. The second kappa shape index (κ2) is 11.5. The highest BCUT2D eigenvalue weighted by atomic mass is 32.2. The molecule has 3 aromatic rings. The number of hydrogen-bond acceptors (Lipinski definition) is 5. The number of nitrogens with two attached hydrogens (primary N) is 1. The summed E-state index contributed by atoms with van der Waals surface area (Å²) in [5, 5.41) is 10.2. The molecule has 0 aliphatic carbocycles. The molecule has 0 aromatic heterocycles. The fraction of sp³-hybridized carbons (Fsp3) is 0.240. The lowest BCUT2D eigenvalue weighted by molar-refractivity contribution is -0.137. The summed E-state index contributed by atoms with van der Waals surface area (Å²) in [6, 6.07) is 11.4. The van der Waals surface area contributed by atoms with E-state index in [4.69, 9.17) is 9.88 Å². The molecule has 3 rings (SSSR count). The molecule has 0 aliphatic heterocycles. The van der Waals surface area contributed by atoms with Gasteiger partial charge < -0.3 is 15.4 Å². The minimum Gasteiger partial charge on any atom is -0.495 e. The van der Waals surface area contributed by atoms with Crippen LogP contribution >= 0.6 is 0 Å². The number of alkyl halides is 5. The summed E-state index contributed by atoms with van der Waals surface area (Å²) in [4.78, 5) is 12.6. The van der Waals surface area contributed by atoms with Gasteiger partial charge in [-0.25, -0.2) is 22.3 Å². The predicted octanol–water partition coefficient (Wildman–Crippen LogP) is 4.94. The molecule has 1 amide bonds. The van der Waals surface area contributed by atoms with Gasteiger partial charge in [-0.1, -0.05) is 23.8 Å². The fourth-order valence-corrected chi connectivity index (χ4v) is 4.45. The van der Waals surface area contributed by atoms with E-state index >= 15 is 0 Å². The van der Waals surface area contributed by atoms with E-state index in [-0.39, 0.29) is 45.1 Å². The Morgan fingerprint density at radius 2 is 1.71 bits per heavy atom. The summed E-state index contributed by atoms with van der Waals surface area (Å²) in [6.07, 6.45) is -7.36. The van der Waals surface area contributed by atoms with Gasteiger partial charge in [-0.05, 0) is 53.9 Å². The van der Waals surface area contributed by atoms with Gasteiger partial charge >= 0.3 is 6.18 Å². The van der Waals surface area contributed by atoms with Gasteiger partial charge in [0.15, 0.2) is 0 Å². The number of benzene rings is 3. The van der Waals surface area contributed by atoms with Gasteiger partial charge in [0.2, 0.25) is 10.0 Å². The SMILES string of the molecule is COc1cc(NC(=O)c2ccc(-c3ccc(C)cc3C(F)(F)F)c(CNCC(F)F)c2)ccc1S(N)(=O)=O. The Morgan fingerprint density at radius 1 is 1.03 bits per heavy atom. The van der Waals surface area contributed by atoms with Crippen molar-refractivity contribution in [3.63, 3.8) is 0 Å². The molecule has 0 heterocycles. The summed E-state index contributed by atoms with van der Waals surface area (Å²) in [5.41, 5.74) is -0.182. The number of sulfonamides is 1. The Morgan fingerprint density at radius 3 is 2.32 bits per heavy atom. The summed E-state index contributed by atoms with van der Waals surface area (Å²) in [5.74, 6) is -0.798. The highest BCUT2D eigenvalue weighted by molar-refractivity contribution is 7.89. The van der Waals surface area contributed by atoms with Crippen LogP contribution in [0.1, 0.15) is 27.0 Å². The molecule has 0 bridgehead atoms. The Balaban J connectivity index is 2.01. The van der Waals surface area contributed by atoms with Gasteiger partial charge in [0.1, 0.15) is 10.6 Å². The number of aryl methyl sites for hydroxylation is 1. The number of halogens is 5. The number of methoxy groups -OCH3 is 1. The summed E-state index contributed by atoms with van der Waals surface area (Å²) >= 11 is 0. The van der Waals surface area contributed by atoms with Crippen molar-refractivity contribution in [3.05, 3.63) is 76.9 Å². The fourth-order valence-electron chi connectivity index (χ4n) is 3.77. The zero-order valence-electron chi connectivity index (χ0n) is 20.2. The third kappa shape index (κ3) is 7.05. The Kier molecular flexibility index (Phi) is 8.75. The van der Waals surface area contributed by atoms with E-state index in [0.717, 1.165) is 12.1 Å². The number of rotatable bonds is 9. The van der Waals surface area contributed by atoms with Crippen molar-refractivity contribution < 1.29 is 39.9 Å². The lowest BCUT2D eigenvalue weighted by Gasteiger charge is -2.18. The van der Waals surface area contributed by atoms with Crippen molar-refractivity contribution in [1.29, 1.82) is 0 Å². The highest BCUT2D eigenvalue weighted by Crippen LogP contribution is 2.39. The molecule has 0 saturated heterocycles. The average molecular weight is 558 g/mol. The van der Waals surface area contributed by atoms with Gasteiger partial charge in [-0.15, -0.1) is 0 Å². The lowest BCUT2D eigenvalue weighted by Crippen LogP contribution is -2.22. The molecule has 0 atom stereocenters. The lowest BCUT2D eigenvalue weighted by atomic mass is 9.92. The smallest absolute Gasteiger partial charge is 0.417 e. The maximum absolute atomic E-state index is 13.8. The summed E-state index contributed by atoms with van der Waals surface area (Å²) in [6.45, 7) is 0.580. The molecule has 38 heavy (non-hydrogen) atoms. The van der Waals surface area contributed by atoms with Crippen LogP contribution in [0.5, 0.6) is 5.75 Å². The molecule has 0 radical (unpaired) electrons. The number of carbonyl (C=O) groups excluding carboxylic acids is 1. The normalized spacial score (nSPS) is 12.0. The third-order valence-corrected chi connectivity index (χ3v) is 6.43. The van der Waals surface area contributed by atoms with Gasteiger partial charge in [0, 0.05) is 23.9 Å². The molecule has 0 unspecified atom stereocenters. The maximum atomic E-state index is 13.8. The zero-order chi connectivity index (χ0) is 28.3. The molecule has 4 N–H and O–H groups in total. The molecular formula is C25H24F5N3O4S. The number of hydrogen-bond donors (Lipinski definition) is 3. The van der Waals surface area contributed by atoms with Gasteiger partial charge in [-0.2, -0.15) is 13.2 Å². The Labute approximate surface area is 215 Å². The van der Waals surface area contributed by atoms with Crippen molar-refractivity contribution >= 4 is 21.6 Å². The summed E-state index contributed by atoms with van der Waals surface area (Å²) < 4.78 is 95.1. The van der Waals surface area contributed by atoms with E-state index < -0.39 is 40.6 Å². The minimum absolute atomic E-state index is 0.0257. The van der Waals surface area contributed by atoms with Crippen molar-refractivity contribution in [2.75, 3.05) is 19.0 Å². The third-order valence-electron chi connectivity index (χ3n) is 5.48. The van der Waals surface area contributed by atoms with Gasteiger partial charge in [-0.3, -0.25) is 4.79 Å². The van der Waals surface area contributed by atoms with E-state index in [0.29, 0.717) is 5.56 Å². The van der Waals surface area contributed by atoms with Crippen LogP contribution in [0.3, 0.4) is 0 Å².